The molecule has 0 bridgehead atoms. The van der Waals surface area contributed by atoms with Gasteiger partial charge in [-0.3, -0.25) is 9.59 Å². The molecule has 1 fully saturated rings. The van der Waals surface area contributed by atoms with Crippen LogP contribution in [0, 0.1) is 5.41 Å². The van der Waals surface area contributed by atoms with E-state index in [-0.39, 0.29) is 25.8 Å². The Bertz CT molecular complexity index is 377. The lowest BCUT2D eigenvalue weighted by atomic mass is 9.80. The van der Waals surface area contributed by atoms with Crippen LogP contribution in [-0.2, 0) is 14.3 Å². The van der Waals surface area contributed by atoms with E-state index in [1.165, 1.54) is 0 Å². The van der Waals surface area contributed by atoms with Crippen LogP contribution in [0.1, 0.15) is 19.8 Å². The van der Waals surface area contributed by atoms with Crippen LogP contribution in [0.2, 0.25) is 0 Å². The second kappa shape index (κ2) is 7.09. The van der Waals surface area contributed by atoms with Gasteiger partial charge < -0.3 is 25.8 Å². The van der Waals surface area contributed by atoms with Crippen LogP contribution in [-0.4, -0.2) is 60.8 Å². The van der Waals surface area contributed by atoms with Crippen molar-refractivity contribution in [2.24, 2.45) is 11.1 Å². The number of aliphatic carboxylic acids is 1. The number of hydrogen-bond donors (Lipinski definition) is 3. The molecular weight excluding hydrogens is 266 g/mol. The minimum atomic E-state index is -0.822. The zero-order chi connectivity index (χ0) is 15.2. The fourth-order valence-electron chi connectivity index (χ4n) is 1.93. The van der Waals surface area contributed by atoms with Crippen molar-refractivity contribution in [1.29, 1.82) is 0 Å². The number of hydrogen-bond acceptors (Lipinski definition) is 4. The van der Waals surface area contributed by atoms with E-state index in [1.54, 1.807) is 11.8 Å². The van der Waals surface area contributed by atoms with Crippen LogP contribution in [0.5, 0.6) is 0 Å². The molecule has 0 radical (unpaired) electrons. The topological polar surface area (TPSA) is 122 Å². The molecule has 1 rings (SSSR count). The molecule has 114 valence electrons. The number of carboxylic acid groups (broad SMARTS) is 1. The van der Waals surface area contributed by atoms with E-state index >= 15 is 0 Å². The number of nitrogens with zero attached hydrogens (tertiary/aromatic N) is 1. The summed E-state index contributed by atoms with van der Waals surface area (Å²) in [5.41, 5.74) is 4.15. The van der Waals surface area contributed by atoms with Gasteiger partial charge >= 0.3 is 12.0 Å². The van der Waals surface area contributed by atoms with Gasteiger partial charge in [0.1, 0.15) is 6.61 Å². The molecule has 1 aliphatic rings. The number of carboxylic acids is 1. The number of amides is 3. The van der Waals surface area contributed by atoms with E-state index in [0.717, 1.165) is 0 Å². The third-order valence-corrected chi connectivity index (χ3v) is 3.44. The van der Waals surface area contributed by atoms with E-state index in [4.69, 9.17) is 15.6 Å². The Morgan fingerprint density at radius 1 is 1.35 bits per heavy atom. The molecule has 0 aromatic carbocycles. The summed E-state index contributed by atoms with van der Waals surface area (Å²) in [6.45, 7) is 2.83. The molecule has 0 atom stereocenters. The molecule has 20 heavy (non-hydrogen) atoms. The van der Waals surface area contributed by atoms with E-state index in [9.17, 15) is 14.4 Å². The Morgan fingerprint density at radius 2 is 1.95 bits per heavy atom. The van der Waals surface area contributed by atoms with Gasteiger partial charge in [-0.25, -0.2) is 4.79 Å². The predicted octanol–water partition coefficient (Wildman–Crippen LogP) is -0.615. The molecule has 3 amide bonds. The van der Waals surface area contributed by atoms with Crippen LogP contribution in [0.25, 0.3) is 0 Å². The summed E-state index contributed by atoms with van der Waals surface area (Å²) in [7, 11) is 0. The molecule has 0 aliphatic carbocycles. The predicted molar refractivity (Wildman–Crippen MR) is 70.0 cm³/mol. The van der Waals surface area contributed by atoms with Crippen LogP contribution in [0.4, 0.5) is 4.79 Å². The van der Waals surface area contributed by atoms with Crippen molar-refractivity contribution in [3.8, 4) is 0 Å². The molecule has 4 N–H and O–H groups in total. The number of urea groups is 1. The standard InChI is InChI=1S/C12H21N3O5/c1-12(10(17)18)2-5-15(6-3-12)11(19)14-4-7-20-8-9(13)16/h2-8H2,1H3,(H2,13,16)(H,14,19)(H,17,18). The first kappa shape index (κ1) is 16.2. The Kier molecular flexibility index (Phi) is 5.75. The normalized spacial score (nSPS) is 17.6. The molecule has 1 saturated heterocycles. The third kappa shape index (κ3) is 4.69. The van der Waals surface area contributed by atoms with Crippen LogP contribution < -0.4 is 11.1 Å². The third-order valence-electron chi connectivity index (χ3n) is 3.44. The first-order chi connectivity index (χ1) is 9.35. The first-order valence-electron chi connectivity index (χ1n) is 6.47. The number of nitrogens with one attached hydrogen (secondary N) is 1. The highest BCUT2D eigenvalue weighted by Gasteiger charge is 2.37. The molecule has 0 aromatic rings. The highest BCUT2D eigenvalue weighted by molar-refractivity contribution is 5.77. The van der Waals surface area contributed by atoms with Gasteiger partial charge in [-0.15, -0.1) is 0 Å². The van der Waals surface area contributed by atoms with Gasteiger partial charge in [-0.1, -0.05) is 0 Å². The number of ether oxygens (including phenoxy) is 1. The smallest absolute Gasteiger partial charge is 0.317 e. The van der Waals surface area contributed by atoms with Crippen molar-refractivity contribution in [1.82, 2.24) is 10.2 Å². The summed E-state index contributed by atoms with van der Waals surface area (Å²) in [4.78, 5) is 34.9. The minimum Gasteiger partial charge on any atom is -0.481 e. The van der Waals surface area contributed by atoms with Crippen molar-refractivity contribution in [3.05, 3.63) is 0 Å². The number of likely N-dealkylation sites (tertiary alicyclic amines) is 1. The summed E-state index contributed by atoms with van der Waals surface area (Å²) < 4.78 is 4.91. The number of nitrogens with two attached hydrogens (primary N) is 1. The van der Waals surface area contributed by atoms with Crippen molar-refractivity contribution in [2.45, 2.75) is 19.8 Å². The van der Waals surface area contributed by atoms with Crippen LogP contribution >= 0.6 is 0 Å². The molecular formula is C12H21N3O5. The Balaban J connectivity index is 2.23. The van der Waals surface area contributed by atoms with Gasteiger partial charge in [-0.2, -0.15) is 0 Å². The highest BCUT2D eigenvalue weighted by Crippen LogP contribution is 2.30. The van der Waals surface area contributed by atoms with E-state index in [1.807, 2.05) is 0 Å². The molecule has 1 aliphatic heterocycles. The molecule has 0 spiro atoms. The number of piperidine rings is 1. The van der Waals surface area contributed by atoms with Gasteiger partial charge in [0.05, 0.1) is 12.0 Å². The Labute approximate surface area is 117 Å². The second-order valence-corrected chi connectivity index (χ2v) is 5.10. The van der Waals surface area contributed by atoms with Gasteiger partial charge in [0, 0.05) is 19.6 Å². The highest BCUT2D eigenvalue weighted by atomic mass is 16.5. The van der Waals surface area contributed by atoms with Crippen molar-refractivity contribution in [3.63, 3.8) is 0 Å². The van der Waals surface area contributed by atoms with E-state index in [2.05, 4.69) is 5.32 Å². The van der Waals surface area contributed by atoms with Crippen molar-refractivity contribution in [2.75, 3.05) is 32.8 Å². The average Bonchev–Trinajstić information content (AvgIpc) is 2.38. The summed E-state index contributed by atoms with van der Waals surface area (Å²) in [6.07, 6.45) is 0.877. The molecule has 0 unspecified atom stereocenters. The lowest BCUT2D eigenvalue weighted by molar-refractivity contribution is -0.150. The zero-order valence-electron chi connectivity index (χ0n) is 11.6. The summed E-state index contributed by atoms with van der Waals surface area (Å²) in [5, 5.41) is 11.7. The number of rotatable bonds is 6. The average molecular weight is 287 g/mol. The summed E-state index contributed by atoms with van der Waals surface area (Å²) in [5.74, 6) is -1.38. The second-order valence-electron chi connectivity index (χ2n) is 5.10. The maximum absolute atomic E-state index is 11.8. The Morgan fingerprint density at radius 3 is 2.45 bits per heavy atom. The lowest BCUT2D eigenvalue weighted by Gasteiger charge is -2.36. The molecule has 8 heteroatoms. The van der Waals surface area contributed by atoms with Crippen molar-refractivity contribution < 1.29 is 24.2 Å². The fourth-order valence-corrected chi connectivity index (χ4v) is 1.93. The molecule has 1 heterocycles. The van der Waals surface area contributed by atoms with Gasteiger partial charge in [0.2, 0.25) is 5.91 Å². The molecule has 0 saturated carbocycles. The summed E-state index contributed by atoms with van der Waals surface area (Å²) >= 11 is 0. The van der Waals surface area contributed by atoms with E-state index in [0.29, 0.717) is 25.9 Å². The maximum Gasteiger partial charge on any atom is 0.317 e. The Hall–Kier alpha value is -1.83. The first-order valence-corrected chi connectivity index (χ1v) is 6.47. The summed E-state index contributed by atoms with van der Waals surface area (Å²) in [6, 6.07) is -0.250. The fraction of sp³-hybridized carbons (Fsp3) is 0.750. The zero-order valence-corrected chi connectivity index (χ0v) is 11.6. The number of carbonyl (C=O) groups is 3. The molecule has 0 aromatic heterocycles. The molecule has 8 nitrogen and oxygen atoms in total. The van der Waals surface area contributed by atoms with Crippen LogP contribution in [0.15, 0.2) is 0 Å². The maximum atomic E-state index is 11.8. The van der Waals surface area contributed by atoms with Crippen molar-refractivity contribution >= 4 is 17.9 Å². The van der Waals surface area contributed by atoms with Gasteiger partial charge in [-0.05, 0) is 19.8 Å². The quantitative estimate of drug-likeness (QED) is 0.562. The largest absolute Gasteiger partial charge is 0.481 e. The minimum absolute atomic E-state index is 0.170. The lowest BCUT2D eigenvalue weighted by Crippen LogP contribution is -2.49. The number of primary amides is 1. The number of carbonyl (C=O) groups excluding carboxylic acids is 2. The van der Waals surface area contributed by atoms with Crippen LogP contribution in [0.3, 0.4) is 0 Å². The van der Waals surface area contributed by atoms with Gasteiger partial charge in [0.15, 0.2) is 0 Å². The van der Waals surface area contributed by atoms with Gasteiger partial charge in [0.25, 0.3) is 0 Å². The van der Waals surface area contributed by atoms with E-state index < -0.39 is 17.3 Å². The monoisotopic (exact) mass is 287 g/mol. The SMILES string of the molecule is CC1(C(=O)O)CCN(C(=O)NCCOCC(N)=O)CC1.